The molecule has 2 aromatic carbocycles. The lowest BCUT2D eigenvalue weighted by molar-refractivity contribution is 1.24. The summed E-state index contributed by atoms with van der Waals surface area (Å²) in [5.41, 5.74) is 9.24. The van der Waals surface area contributed by atoms with Crippen molar-refractivity contribution in [3.63, 3.8) is 0 Å². The largest absolute Gasteiger partial charge is 0.0952 e. The lowest BCUT2D eigenvalue weighted by Gasteiger charge is -2.11. The van der Waals surface area contributed by atoms with Crippen molar-refractivity contribution in [2.24, 2.45) is 0 Å². The molecule has 0 unspecified atom stereocenters. The number of allylic oxidation sites excluding steroid dienone is 2. The van der Waals surface area contributed by atoms with E-state index in [2.05, 4.69) is 69.0 Å². The molecule has 0 nitrogen and oxygen atoms in total. The Morgan fingerprint density at radius 3 is 2.19 bits per heavy atom. The molecule has 21 heavy (non-hydrogen) atoms. The molecule has 0 radical (unpaired) electrons. The molecular weight excluding hydrogens is 252 g/mol. The van der Waals surface area contributed by atoms with Gasteiger partial charge in [0.25, 0.3) is 0 Å². The monoisotopic (exact) mass is 276 g/mol. The highest BCUT2D eigenvalue weighted by atomic mass is 14.3. The second-order valence-corrected chi connectivity index (χ2v) is 4.93. The van der Waals surface area contributed by atoms with Crippen LogP contribution in [-0.2, 0) is 0 Å². The number of hydrogen-bond acceptors (Lipinski definition) is 0. The lowest BCUT2D eigenvalue weighted by atomic mass is 9.93. The third-order valence-corrected chi connectivity index (χ3v) is 3.94. The molecule has 108 valence electrons. The van der Waals surface area contributed by atoms with E-state index in [0.717, 1.165) is 6.42 Å². The van der Waals surface area contributed by atoms with Crippen molar-refractivity contribution < 1.29 is 0 Å². The van der Waals surface area contributed by atoms with Crippen molar-refractivity contribution >= 4 is 11.1 Å². The van der Waals surface area contributed by atoms with Gasteiger partial charge in [-0.2, -0.15) is 0 Å². The molecule has 0 saturated carbocycles. The van der Waals surface area contributed by atoms with Crippen LogP contribution in [0.2, 0.25) is 0 Å². The maximum atomic E-state index is 4.23. The Kier molecular flexibility index (Phi) is 4.80. The van der Waals surface area contributed by atoms with Gasteiger partial charge in [0.15, 0.2) is 0 Å². The van der Waals surface area contributed by atoms with E-state index >= 15 is 0 Å². The molecule has 3 rings (SSSR count). The highest BCUT2D eigenvalue weighted by Gasteiger charge is 2.25. The molecule has 1 aliphatic carbocycles. The van der Waals surface area contributed by atoms with Gasteiger partial charge in [-0.05, 0) is 52.3 Å². The van der Waals surface area contributed by atoms with Gasteiger partial charge >= 0.3 is 0 Å². The third kappa shape index (κ3) is 2.47. The minimum Gasteiger partial charge on any atom is -0.0952 e. The number of benzene rings is 2. The number of hydrogen-bond donors (Lipinski definition) is 0. The molecule has 0 aromatic heterocycles. The minimum atomic E-state index is 0.990. The van der Waals surface area contributed by atoms with E-state index in [1.54, 1.807) is 0 Å². The summed E-state index contributed by atoms with van der Waals surface area (Å²) in [5, 5.41) is 0. The number of fused-ring (bicyclic) bond motifs is 3. The van der Waals surface area contributed by atoms with Crippen molar-refractivity contribution in [3.8, 4) is 11.1 Å². The molecule has 0 fully saturated rings. The minimum absolute atomic E-state index is 0.990. The fourth-order valence-corrected chi connectivity index (χ4v) is 2.94. The first-order chi connectivity index (χ1) is 10.3. The summed E-state index contributed by atoms with van der Waals surface area (Å²) in [6, 6.07) is 15.2. The molecule has 2 aromatic rings. The van der Waals surface area contributed by atoms with Crippen LogP contribution in [0, 0.1) is 0 Å². The van der Waals surface area contributed by atoms with Crippen molar-refractivity contribution in [2.45, 2.75) is 34.1 Å². The zero-order chi connectivity index (χ0) is 15.4. The Bertz CT molecular complexity index is 687. The second-order valence-electron chi connectivity index (χ2n) is 4.93. The average Bonchev–Trinajstić information content (AvgIpc) is 2.89. The molecule has 0 amide bonds. The van der Waals surface area contributed by atoms with E-state index < -0.39 is 0 Å². The molecule has 0 N–H and O–H groups in total. The van der Waals surface area contributed by atoms with E-state index in [1.807, 2.05) is 13.8 Å². The summed E-state index contributed by atoms with van der Waals surface area (Å²) >= 11 is 0. The molecule has 0 atom stereocenters. The summed E-state index contributed by atoms with van der Waals surface area (Å²) in [5.74, 6) is 0. The topological polar surface area (TPSA) is 0 Å². The van der Waals surface area contributed by atoms with E-state index in [0.29, 0.717) is 0 Å². The van der Waals surface area contributed by atoms with Crippen LogP contribution in [0.3, 0.4) is 0 Å². The Labute approximate surface area is 128 Å². The summed E-state index contributed by atoms with van der Waals surface area (Å²) in [6.45, 7) is 12.5. The smallest absolute Gasteiger partial charge is 0.00271 e. The summed E-state index contributed by atoms with van der Waals surface area (Å²) in [4.78, 5) is 0. The van der Waals surface area contributed by atoms with E-state index in [1.165, 1.54) is 39.0 Å². The molecule has 0 aliphatic heterocycles. The molecule has 0 saturated heterocycles. The van der Waals surface area contributed by atoms with Gasteiger partial charge in [-0.1, -0.05) is 75.9 Å². The van der Waals surface area contributed by atoms with Crippen LogP contribution in [0.15, 0.2) is 55.1 Å². The van der Waals surface area contributed by atoms with Crippen molar-refractivity contribution in [1.82, 2.24) is 0 Å². The maximum Gasteiger partial charge on any atom is -0.00271 e. The summed E-state index contributed by atoms with van der Waals surface area (Å²) in [7, 11) is 0. The van der Waals surface area contributed by atoms with Gasteiger partial charge < -0.3 is 0 Å². The SMILES string of the molecule is C=C(CC)c1cccc2c1/C(=C\C)c1ccccc1-2.CC. The summed E-state index contributed by atoms with van der Waals surface area (Å²) in [6.07, 6.45) is 3.21. The third-order valence-electron chi connectivity index (χ3n) is 3.94. The van der Waals surface area contributed by atoms with Gasteiger partial charge in [-0.25, -0.2) is 0 Å². The fourth-order valence-electron chi connectivity index (χ4n) is 2.94. The Balaban J connectivity index is 0.000000774. The van der Waals surface area contributed by atoms with E-state index in [9.17, 15) is 0 Å². The maximum absolute atomic E-state index is 4.23. The quantitative estimate of drug-likeness (QED) is 0.496. The van der Waals surface area contributed by atoms with Crippen LogP contribution in [0.1, 0.15) is 50.8 Å². The molecule has 0 bridgehead atoms. The van der Waals surface area contributed by atoms with Gasteiger partial charge in [-0.15, -0.1) is 0 Å². The molecule has 1 aliphatic rings. The Morgan fingerprint density at radius 1 is 0.952 bits per heavy atom. The zero-order valence-corrected chi connectivity index (χ0v) is 13.5. The van der Waals surface area contributed by atoms with Crippen molar-refractivity contribution in [2.75, 3.05) is 0 Å². The molecule has 0 heteroatoms. The Morgan fingerprint density at radius 2 is 1.57 bits per heavy atom. The van der Waals surface area contributed by atoms with Gasteiger partial charge in [0.05, 0.1) is 0 Å². The van der Waals surface area contributed by atoms with Crippen molar-refractivity contribution in [1.29, 1.82) is 0 Å². The first-order valence-electron chi connectivity index (χ1n) is 7.85. The molecule has 0 spiro atoms. The fraction of sp³-hybridized carbons (Fsp3) is 0.238. The standard InChI is InChI=1S/C19H18.C2H6/c1-4-13(3)15-11-8-12-18-17-10-7-6-9-16(17)14(5-2)19(15)18;1-2/h5-12H,3-4H2,1-2H3;1-2H3/b14-5-;. The molecule has 0 heterocycles. The van der Waals surface area contributed by atoms with Crippen LogP contribution in [0.4, 0.5) is 0 Å². The van der Waals surface area contributed by atoms with Crippen LogP contribution in [0.25, 0.3) is 22.3 Å². The predicted octanol–water partition coefficient (Wildman–Crippen LogP) is 6.57. The first kappa shape index (κ1) is 15.3. The second kappa shape index (κ2) is 6.58. The average molecular weight is 276 g/mol. The Hall–Kier alpha value is -2.08. The van der Waals surface area contributed by atoms with E-state index in [-0.39, 0.29) is 0 Å². The highest BCUT2D eigenvalue weighted by molar-refractivity contribution is 6.04. The molecular formula is C21H24. The number of rotatable bonds is 2. The highest BCUT2D eigenvalue weighted by Crippen LogP contribution is 2.46. The first-order valence-corrected chi connectivity index (χ1v) is 7.85. The van der Waals surface area contributed by atoms with Gasteiger partial charge in [0.2, 0.25) is 0 Å². The van der Waals surface area contributed by atoms with Crippen LogP contribution in [0.5, 0.6) is 0 Å². The van der Waals surface area contributed by atoms with Gasteiger partial charge in [0.1, 0.15) is 0 Å². The van der Waals surface area contributed by atoms with Crippen molar-refractivity contribution in [3.05, 3.63) is 71.8 Å². The van der Waals surface area contributed by atoms with Gasteiger partial charge in [0, 0.05) is 0 Å². The summed E-state index contributed by atoms with van der Waals surface area (Å²) < 4.78 is 0. The van der Waals surface area contributed by atoms with Gasteiger partial charge in [-0.3, -0.25) is 0 Å². The normalized spacial score (nSPS) is 13.2. The van der Waals surface area contributed by atoms with Crippen LogP contribution < -0.4 is 0 Å². The van der Waals surface area contributed by atoms with E-state index in [4.69, 9.17) is 0 Å². The van der Waals surface area contributed by atoms with Crippen LogP contribution >= 0.6 is 0 Å². The zero-order valence-electron chi connectivity index (χ0n) is 13.5. The lowest BCUT2D eigenvalue weighted by Crippen LogP contribution is -1.90. The van der Waals surface area contributed by atoms with Crippen LogP contribution in [-0.4, -0.2) is 0 Å². The predicted molar refractivity (Wildman–Crippen MR) is 95.3 cm³/mol.